The number of amides is 1. The number of ether oxygens (including phenoxy) is 2. The smallest absolute Gasteiger partial charge is 0.350 e. The fourth-order valence-electron chi connectivity index (χ4n) is 1.69. The molecule has 0 saturated heterocycles. The van der Waals surface area contributed by atoms with E-state index in [4.69, 9.17) is 16.3 Å². The minimum atomic E-state index is -0.746. The van der Waals surface area contributed by atoms with Gasteiger partial charge in [-0.1, -0.05) is 17.7 Å². The second kappa shape index (κ2) is 7.29. The summed E-state index contributed by atoms with van der Waals surface area (Å²) in [7, 11) is 1.29. The first-order valence-electron chi connectivity index (χ1n) is 6.40. The molecule has 22 heavy (non-hydrogen) atoms. The largest absolute Gasteiger partial charge is 0.481 e. The molecular formula is C15H14ClNO4S. The van der Waals surface area contributed by atoms with E-state index in [-0.39, 0.29) is 5.91 Å². The molecule has 1 aromatic heterocycles. The van der Waals surface area contributed by atoms with Crippen molar-refractivity contribution in [3.8, 4) is 5.75 Å². The topological polar surface area (TPSA) is 64.6 Å². The van der Waals surface area contributed by atoms with Gasteiger partial charge in [-0.05, 0) is 36.6 Å². The van der Waals surface area contributed by atoms with Crippen LogP contribution in [0, 0.1) is 0 Å². The maximum Gasteiger partial charge on any atom is 0.350 e. The molecule has 2 rings (SSSR count). The van der Waals surface area contributed by atoms with Gasteiger partial charge in [-0.25, -0.2) is 4.79 Å². The van der Waals surface area contributed by atoms with E-state index in [2.05, 4.69) is 10.1 Å². The van der Waals surface area contributed by atoms with Crippen molar-refractivity contribution in [2.45, 2.75) is 13.0 Å². The number of carbonyl (C=O) groups excluding carboxylic acids is 2. The molecule has 1 amide bonds. The van der Waals surface area contributed by atoms with E-state index in [9.17, 15) is 9.59 Å². The summed E-state index contributed by atoms with van der Waals surface area (Å²) in [6.07, 6.45) is -0.746. The normalized spacial score (nSPS) is 11.6. The van der Waals surface area contributed by atoms with Gasteiger partial charge in [-0.2, -0.15) is 0 Å². The predicted octanol–water partition coefficient (Wildman–Crippen LogP) is 3.59. The molecule has 0 fully saturated rings. The van der Waals surface area contributed by atoms with Gasteiger partial charge >= 0.3 is 5.97 Å². The van der Waals surface area contributed by atoms with Crippen LogP contribution in [0.25, 0.3) is 0 Å². The van der Waals surface area contributed by atoms with Crippen LogP contribution in [0.1, 0.15) is 16.6 Å². The minimum absolute atomic E-state index is 0.339. The third kappa shape index (κ3) is 3.99. The highest BCUT2D eigenvalue weighted by molar-refractivity contribution is 7.12. The van der Waals surface area contributed by atoms with Crippen molar-refractivity contribution in [3.63, 3.8) is 0 Å². The number of methoxy groups -OCH3 is 1. The van der Waals surface area contributed by atoms with Crippen LogP contribution in [0.5, 0.6) is 5.75 Å². The second-order valence-electron chi connectivity index (χ2n) is 4.36. The molecule has 1 atom stereocenters. The lowest BCUT2D eigenvalue weighted by atomic mass is 10.3. The summed E-state index contributed by atoms with van der Waals surface area (Å²) in [4.78, 5) is 24.1. The highest BCUT2D eigenvalue weighted by Crippen LogP contribution is 2.24. The molecule has 7 heteroatoms. The number of halogens is 1. The number of esters is 1. The summed E-state index contributed by atoms with van der Waals surface area (Å²) in [5, 5.41) is 4.88. The fourth-order valence-corrected chi connectivity index (χ4v) is 2.64. The Labute approximate surface area is 136 Å². The van der Waals surface area contributed by atoms with Gasteiger partial charge < -0.3 is 14.8 Å². The van der Waals surface area contributed by atoms with Crippen LogP contribution in [-0.4, -0.2) is 25.1 Å². The number of rotatable bonds is 5. The van der Waals surface area contributed by atoms with E-state index >= 15 is 0 Å². The van der Waals surface area contributed by atoms with Crippen molar-refractivity contribution in [2.24, 2.45) is 0 Å². The summed E-state index contributed by atoms with van der Waals surface area (Å²) in [5.41, 5.74) is 0.406. The monoisotopic (exact) mass is 339 g/mol. The van der Waals surface area contributed by atoms with Crippen LogP contribution in [-0.2, 0) is 9.53 Å². The Kier molecular flexibility index (Phi) is 5.41. The molecule has 1 aromatic carbocycles. The maximum absolute atomic E-state index is 12.1. The predicted molar refractivity (Wildman–Crippen MR) is 85.8 cm³/mol. The maximum atomic E-state index is 12.1. The molecule has 0 aliphatic carbocycles. The van der Waals surface area contributed by atoms with Crippen LogP contribution >= 0.6 is 22.9 Å². The number of thiophene rings is 1. The van der Waals surface area contributed by atoms with Crippen molar-refractivity contribution in [3.05, 3.63) is 45.6 Å². The standard InChI is InChI=1S/C15H14ClNO4S/c1-9(21-11-5-3-4-10(16)8-11)14(18)17-12-6-7-22-13(12)15(19)20-2/h3-9H,1-2H3,(H,17,18). The van der Waals surface area contributed by atoms with Crippen molar-refractivity contribution in [1.29, 1.82) is 0 Å². The molecule has 1 unspecified atom stereocenters. The number of hydrogen-bond acceptors (Lipinski definition) is 5. The Balaban J connectivity index is 2.03. The second-order valence-corrected chi connectivity index (χ2v) is 5.71. The van der Waals surface area contributed by atoms with Gasteiger partial charge in [0.25, 0.3) is 5.91 Å². The molecule has 116 valence electrons. The quantitative estimate of drug-likeness (QED) is 0.845. The average molecular weight is 340 g/mol. The third-order valence-electron chi connectivity index (χ3n) is 2.77. The summed E-state index contributed by atoms with van der Waals surface area (Å²) in [6, 6.07) is 8.42. The van der Waals surface area contributed by atoms with Crippen molar-refractivity contribution >= 4 is 40.5 Å². The molecule has 1 heterocycles. The molecule has 5 nitrogen and oxygen atoms in total. The number of anilines is 1. The molecule has 0 radical (unpaired) electrons. The van der Waals surface area contributed by atoms with Crippen LogP contribution in [0.4, 0.5) is 5.69 Å². The Hall–Kier alpha value is -2.05. The molecule has 1 N–H and O–H groups in total. The summed E-state index contributed by atoms with van der Waals surface area (Å²) in [5.74, 6) is -0.370. The zero-order chi connectivity index (χ0) is 16.1. The van der Waals surface area contributed by atoms with Crippen LogP contribution in [0.3, 0.4) is 0 Å². The van der Waals surface area contributed by atoms with Crippen molar-refractivity contribution in [1.82, 2.24) is 0 Å². The van der Waals surface area contributed by atoms with Gasteiger partial charge in [-0.3, -0.25) is 4.79 Å². The first-order valence-corrected chi connectivity index (χ1v) is 7.66. The van der Waals surface area contributed by atoms with E-state index in [1.165, 1.54) is 18.4 Å². The Bertz CT molecular complexity index is 686. The number of nitrogens with one attached hydrogen (secondary N) is 1. The van der Waals surface area contributed by atoms with Crippen molar-refractivity contribution < 1.29 is 19.1 Å². The molecule has 0 saturated carbocycles. The van der Waals surface area contributed by atoms with Gasteiger partial charge in [0.05, 0.1) is 12.8 Å². The van der Waals surface area contributed by atoms with Crippen LogP contribution in [0.15, 0.2) is 35.7 Å². The lowest BCUT2D eigenvalue weighted by molar-refractivity contribution is -0.122. The molecule has 0 spiro atoms. The highest BCUT2D eigenvalue weighted by atomic mass is 35.5. The third-order valence-corrected chi connectivity index (χ3v) is 3.90. The van der Waals surface area contributed by atoms with E-state index in [1.54, 1.807) is 42.6 Å². The zero-order valence-corrected chi connectivity index (χ0v) is 13.5. The first kappa shape index (κ1) is 16.3. The zero-order valence-electron chi connectivity index (χ0n) is 12.0. The highest BCUT2D eigenvalue weighted by Gasteiger charge is 2.20. The van der Waals surface area contributed by atoms with Gasteiger partial charge in [0.15, 0.2) is 6.10 Å². The Morgan fingerprint density at radius 3 is 2.77 bits per heavy atom. The van der Waals surface area contributed by atoms with Crippen molar-refractivity contribution in [2.75, 3.05) is 12.4 Å². The van der Waals surface area contributed by atoms with Gasteiger partial charge in [0, 0.05) is 5.02 Å². The van der Waals surface area contributed by atoms with Crippen LogP contribution in [0.2, 0.25) is 5.02 Å². The number of hydrogen-bond donors (Lipinski definition) is 1. The Morgan fingerprint density at radius 1 is 1.32 bits per heavy atom. The molecular weight excluding hydrogens is 326 g/mol. The van der Waals surface area contributed by atoms with Gasteiger partial charge in [0.1, 0.15) is 10.6 Å². The SMILES string of the molecule is COC(=O)c1sccc1NC(=O)C(C)Oc1cccc(Cl)c1. The lowest BCUT2D eigenvalue weighted by Gasteiger charge is -2.14. The number of carbonyl (C=O) groups is 2. The molecule has 0 bridgehead atoms. The fraction of sp³-hybridized carbons (Fsp3) is 0.200. The van der Waals surface area contributed by atoms with Gasteiger partial charge in [-0.15, -0.1) is 11.3 Å². The summed E-state index contributed by atoms with van der Waals surface area (Å²) < 4.78 is 10.2. The minimum Gasteiger partial charge on any atom is -0.481 e. The molecule has 0 aliphatic heterocycles. The van der Waals surface area contributed by atoms with E-state index in [0.29, 0.717) is 21.3 Å². The first-order chi connectivity index (χ1) is 10.5. The van der Waals surface area contributed by atoms with E-state index in [0.717, 1.165) is 0 Å². The lowest BCUT2D eigenvalue weighted by Crippen LogP contribution is -2.30. The van der Waals surface area contributed by atoms with E-state index in [1.807, 2.05) is 0 Å². The average Bonchev–Trinajstić information content (AvgIpc) is 2.94. The van der Waals surface area contributed by atoms with Crippen LogP contribution < -0.4 is 10.1 Å². The Morgan fingerprint density at radius 2 is 2.09 bits per heavy atom. The molecule has 0 aliphatic rings. The summed E-state index contributed by atoms with van der Waals surface area (Å²) in [6.45, 7) is 1.61. The van der Waals surface area contributed by atoms with Gasteiger partial charge in [0.2, 0.25) is 0 Å². The molecule has 2 aromatic rings. The number of benzene rings is 1. The van der Waals surface area contributed by atoms with E-state index < -0.39 is 12.1 Å². The summed E-state index contributed by atoms with van der Waals surface area (Å²) >= 11 is 7.06.